The Hall–Kier alpha value is -5.36. The van der Waals surface area contributed by atoms with E-state index < -0.39 is 17.7 Å². The Bertz CT molecular complexity index is 1850. The van der Waals surface area contributed by atoms with Crippen LogP contribution in [0.5, 0.6) is 11.5 Å². The number of halogens is 3. The number of carbonyl (C=O) groups excluding carboxylic acids is 1. The summed E-state index contributed by atoms with van der Waals surface area (Å²) in [7, 11) is 0. The van der Waals surface area contributed by atoms with E-state index in [1.165, 1.54) is 6.20 Å². The van der Waals surface area contributed by atoms with Gasteiger partial charge in [0.05, 0.1) is 47.3 Å². The van der Waals surface area contributed by atoms with Crippen LogP contribution in [-0.4, -0.2) is 91.2 Å². The lowest BCUT2D eigenvalue weighted by Gasteiger charge is -2.56. The van der Waals surface area contributed by atoms with Crippen LogP contribution in [0.4, 0.5) is 19.0 Å². The summed E-state index contributed by atoms with van der Waals surface area (Å²) in [5.74, 6) is -0.570. The number of nitriles is 1. The van der Waals surface area contributed by atoms with E-state index in [-0.39, 0.29) is 30.7 Å². The quantitative estimate of drug-likeness (QED) is 0.262. The largest absolute Gasteiger partial charge is 0.491 e. The van der Waals surface area contributed by atoms with E-state index in [0.717, 1.165) is 42.2 Å². The van der Waals surface area contributed by atoms with E-state index in [2.05, 4.69) is 16.1 Å². The lowest BCUT2D eigenvalue weighted by molar-refractivity contribution is -0.192. The first kappa shape index (κ1) is 35.0. The molecule has 258 valence electrons. The van der Waals surface area contributed by atoms with Gasteiger partial charge in [-0.15, -0.1) is 0 Å². The molecule has 2 bridgehead atoms. The summed E-state index contributed by atoms with van der Waals surface area (Å²) in [6.07, 6.45) is 1.01. The summed E-state index contributed by atoms with van der Waals surface area (Å²) in [5.41, 5.74) is 2.37. The van der Waals surface area contributed by atoms with Crippen LogP contribution in [0, 0.1) is 11.3 Å². The summed E-state index contributed by atoms with van der Waals surface area (Å²) in [6, 6.07) is 15.7. The standard InChI is InChI=1S/C32H34N6O4.C2HF3O2/c1-20(2)42-26-8-5-21(6-9-26)31(39)38-24-11-25(38)17-36(16-24)29-10-7-22(14-34-29)28-12-27(41-19-32(3,4)40)18-37-30(28)23(13-33)15-35-37;3-2(4,5)1(6)7/h5-10,12,14-15,18,20,24-25,40H,11,16-17,19H2,1-4H3;(H,6,7). The van der Waals surface area contributed by atoms with E-state index in [9.17, 15) is 28.3 Å². The lowest BCUT2D eigenvalue weighted by Crippen LogP contribution is -2.70. The van der Waals surface area contributed by atoms with Crippen LogP contribution in [0.25, 0.3) is 16.6 Å². The fourth-order valence-corrected chi connectivity index (χ4v) is 5.70. The SMILES string of the molecule is CC(C)Oc1ccc(C(=O)N2C3CC2CN(c2ccc(-c4cc(OCC(C)(C)O)cn5ncc(C#N)c45)cn2)C3)cc1.O=C(O)C(F)(F)F. The molecule has 3 aliphatic heterocycles. The van der Waals surface area contributed by atoms with E-state index in [4.69, 9.17) is 24.4 Å². The van der Waals surface area contributed by atoms with E-state index >= 15 is 0 Å². The normalized spacial score (nSPS) is 17.1. The van der Waals surface area contributed by atoms with Crippen LogP contribution in [0.2, 0.25) is 0 Å². The van der Waals surface area contributed by atoms with Crippen molar-refractivity contribution in [1.82, 2.24) is 19.5 Å². The van der Waals surface area contributed by atoms with Crippen molar-refractivity contribution in [3.63, 3.8) is 0 Å². The van der Waals surface area contributed by atoms with Crippen molar-refractivity contribution in [3.05, 3.63) is 72.2 Å². The van der Waals surface area contributed by atoms with Crippen LogP contribution in [-0.2, 0) is 4.79 Å². The molecule has 2 atom stereocenters. The van der Waals surface area contributed by atoms with Crippen molar-refractivity contribution in [2.45, 2.75) is 64.1 Å². The van der Waals surface area contributed by atoms with Gasteiger partial charge in [-0.25, -0.2) is 14.3 Å². The number of alkyl halides is 3. The summed E-state index contributed by atoms with van der Waals surface area (Å²) in [4.78, 5) is 31.2. The Morgan fingerprint density at radius 3 is 2.24 bits per heavy atom. The smallest absolute Gasteiger partial charge is 0.490 e. The molecule has 49 heavy (non-hydrogen) atoms. The molecule has 15 heteroatoms. The molecule has 2 N–H and O–H groups in total. The number of carbonyl (C=O) groups is 2. The maximum atomic E-state index is 13.3. The van der Waals surface area contributed by atoms with E-state index in [0.29, 0.717) is 22.4 Å². The minimum absolute atomic E-state index is 0.0557. The molecule has 0 aliphatic carbocycles. The molecule has 3 aliphatic rings. The zero-order valence-corrected chi connectivity index (χ0v) is 27.2. The summed E-state index contributed by atoms with van der Waals surface area (Å²) in [6.45, 7) is 8.85. The van der Waals surface area contributed by atoms with Gasteiger partial charge in [-0.3, -0.25) is 4.79 Å². The van der Waals surface area contributed by atoms with Gasteiger partial charge in [0.15, 0.2) is 0 Å². The Morgan fingerprint density at radius 2 is 1.71 bits per heavy atom. The topological polar surface area (TPSA) is 154 Å². The predicted octanol–water partition coefficient (Wildman–Crippen LogP) is 4.94. The van der Waals surface area contributed by atoms with Gasteiger partial charge in [0.1, 0.15) is 30.0 Å². The number of fused-ring (bicyclic) bond motifs is 3. The third-order valence-corrected chi connectivity index (χ3v) is 7.83. The summed E-state index contributed by atoms with van der Waals surface area (Å²) in [5, 5.41) is 31.2. The second-order valence-corrected chi connectivity index (χ2v) is 12.7. The van der Waals surface area contributed by atoms with Crippen LogP contribution in [0.3, 0.4) is 0 Å². The molecule has 1 aromatic carbocycles. The zero-order chi connectivity index (χ0) is 35.7. The van der Waals surface area contributed by atoms with Gasteiger partial charge >= 0.3 is 12.1 Å². The fraction of sp³-hybridized carbons (Fsp3) is 0.382. The minimum Gasteiger partial charge on any atom is -0.491 e. The Labute approximate surface area is 279 Å². The number of carboxylic acids is 1. The second-order valence-electron chi connectivity index (χ2n) is 12.7. The van der Waals surface area contributed by atoms with Gasteiger partial charge in [0.25, 0.3) is 5.91 Å². The van der Waals surface area contributed by atoms with Crippen LogP contribution in [0.1, 0.15) is 50.0 Å². The van der Waals surface area contributed by atoms with E-state index in [1.54, 1.807) is 30.8 Å². The average Bonchev–Trinajstić information content (AvgIpc) is 3.46. The van der Waals surface area contributed by atoms with Gasteiger partial charge in [0.2, 0.25) is 0 Å². The molecule has 1 amide bonds. The van der Waals surface area contributed by atoms with Gasteiger partial charge < -0.3 is 29.5 Å². The molecule has 3 fully saturated rings. The number of aliphatic hydroxyl groups is 1. The van der Waals surface area contributed by atoms with Crippen LogP contribution >= 0.6 is 0 Å². The van der Waals surface area contributed by atoms with Crippen LogP contribution in [0.15, 0.2) is 61.1 Å². The molecular formula is C34H35F3N6O6. The number of benzene rings is 1. The van der Waals surface area contributed by atoms with Crippen molar-refractivity contribution in [3.8, 4) is 28.7 Å². The monoisotopic (exact) mass is 680 g/mol. The number of hydrogen-bond acceptors (Lipinski definition) is 9. The average molecular weight is 681 g/mol. The second kappa shape index (κ2) is 13.6. The van der Waals surface area contributed by atoms with Crippen molar-refractivity contribution in [2.75, 3.05) is 24.6 Å². The van der Waals surface area contributed by atoms with Gasteiger partial charge in [-0.05, 0) is 76.6 Å². The highest BCUT2D eigenvalue weighted by atomic mass is 19.4. The zero-order valence-electron chi connectivity index (χ0n) is 27.2. The molecule has 12 nitrogen and oxygen atoms in total. The fourth-order valence-electron chi connectivity index (χ4n) is 5.70. The molecule has 0 radical (unpaired) electrons. The molecule has 2 unspecified atom stereocenters. The molecule has 6 heterocycles. The maximum Gasteiger partial charge on any atom is 0.490 e. The van der Waals surface area contributed by atoms with Gasteiger partial charge in [0, 0.05) is 36.0 Å². The number of carboxylic acid groups (broad SMARTS) is 1. The molecule has 7 rings (SSSR count). The Kier molecular flexibility index (Phi) is 9.73. The number of piperazine rings is 1. The highest BCUT2D eigenvalue weighted by Crippen LogP contribution is 2.37. The maximum absolute atomic E-state index is 13.3. The number of nitrogens with zero attached hydrogens (tertiary/aromatic N) is 6. The van der Waals surface area contributed by atoms with Crippen molar-refractivity contribution < 1.29 is 42.4 Å². The van der Waals surface area contributed by atoms with E-state index in [1.807, 2.05) is 61.2 Å². The summed E-state index contributed by atoms with van der Waals surface area (Å²) >= 11 is 0. The van der Waals surface area contributed by atoms with Crippen LogP contribution < -0.4 is 14.4 Å². The predicted molar refractivity (Wildman–Crippen MR) is 171 cm³/mol. The third-order valence-electron chi connectivity index (χ3n) is 7.83. The number of aliphatic carboxylic acids is 1. The number of ether oxygens (including phenoxy) is 2. The number of hydrogen-bond donors (Lipinski definition) is 2. The first-order valence-electron chi connectivity index (χ1n) is 15.4. The highest BCUT2D eigenvalue weighted by Gasteiger charge is 2.47. The Morgan fingerprint density at radius 1 is 1.06 bits per heavy atom. The molecule has 3 aromatic heterocycles. The number of piperidine rings is 1. The Balaban J connectivity index is 0.000000606. The lowest BCUT2D eigenvalue weighted by atomic mass is 9.86. The number of aromatic nitrogens is 3. The molecule has 4 aromatic rings. The highest BCUT2D eigenvalue weighted by molar-refractivity contribution is 5.95. The molecule has 0 saturated carbocycles. The molecule has 3 saturated heterocycles. The number of anilines is 1. The number of pyridine rings is 2. The van der Waals surface area contributed by atoms with Crippen molar-refractivity contribution in [2.24, 2.45) is 0 Å². The first-order chi connectivity index (χ1) is 23.0. The van der Waals surface area contributed by atoms with Crippen molar-refractivity contribution >= 4 is 23.2 Å². The number of rotatable bonds is 8. The minimum atomic E-state index is -5.08. The van der Waals surface area contributed by atoms with Gasteiger partial charge in [-0.2, -0.15) is 23.5 Å². The van der Waals surface area contributed by atoms with Gasteiger partial charge in [-0.1, -0.05) is 0 Å². The third kappa shape index (κ3) is 8.03. The first-order valence-corrected chi connectivity index (χ1v) is 15.4. The summed E-state index contributed by atoms with van der Waals surface area (Å²) < 4.78 is 44.9. The molecular weight excluding hydrogens is 645 g/mol. The molecule has 0 spiro atoms. The van der Waals surface area contributed by atoms with Crippen molar-refractivity contribution in [1.29, 1.82) is 5.26 Å². The number of amides is 1.